The van der Waals surface area contributed by atoms with E-state index in [9.17, 15) is 18.4 Å². The number of nitrogens with one attached hydrogen (secondary N) is 1. The highest BCUT2D eigenvalue weighted by molar-refractivity contribution is 7.98. The zero-order valence-electron chi connectivity index (χ0n) is 10.8. The second kappa shape index (κ2) is 6.04. The number of aryl methyl sites for hydroxylation is 1. The molecule has 5 nitrogen and oxygen atoms in total. The Morgan fingerprint density at radius 2 is 2.14 bits per heavy atom. The average Bonchev–Trinajstić information content (AvgIpc) is 2.36. The summed E-state index contributed by atoms with van der Waals surface area (Å²) in [6, 6.07) is 3.11. The summed E-state index contributed by atoms with van der Waals surface area (Å²) in [5.41, 5.74) is -0.455. The smallest absolute Gasteiger partial charge is 0.346 e. The highest BCUT2D eigenvalue weighted by Gasteiger charge is 2.17. The molecule has 1 aromatic carbocycles. The van der Waals surface area contributed by atoms with E-state index < -0.39 is 23.3 Å². The lowest BCUT2D eigenvalue weighted by atomic mass is 10.2. The number of halogens is 2. The fraction of sp³-hybridized carbons (Fsp3) is 0.154. The summed E-state index contributed by atoms with van der Waals surface area (Å²) in [4.78, 5) is 28.4. The number of H-pyrrole nitrogens is 1. The Morgan fingerprint density at radius 1 is 1.43 bits per heavy atom. The van der Waals surface area contributed by atoms with Gasteiger partial charge in [-0.2, -0.15) is 4.98 Å². The maximum Gasteiger partial charge on any atom is 0.346 e. The number of aromatic amines is 1. The number of aromatic carboxylic acids is 1. The van der Waals surface area contributed by atoms with Crippen LogP contribution in [0, 0.1) is 18.6 Å². The lowest BCUT2D eigenvalue weighted by molar-refractivity contribution is 0.0690. The molecule has 0 saturated heterocycles. The van der Waals surface area contributed by atoms with Crippen LogP contribution in [0.1, 0.15) is 21.6 Å². The molecule has 0 radical (unpaired) electrons. The van der Waals surface area contributed by atoms with Crippen LogP contribution in [-0.4, -0.2) is 21.0 Å². The predicted octanol–water partition coefficient (Wildman–Crippen LogP) is 2.35. The molecule has 0 atom stereocenters. The Morgan fingerprint density at radius 3 is 2.76 bits per heavy atom. The average molecular weight is 312 g/mol. The first-order valence-corrected chi connectivity index (χ1v) is 6.78. The van der Waals surface area contributed by atoms with Gasteiger partial charge in [0, 0.05) is 17.5 Å². The minimum Gasteiger partial charge on any atom is -0.478 e. The molecule has 2 N–H and O–H groups in total. The Bertz CT molecular complexity index is 762. The molecule has 0 aliphatic rings. The number of rotatable bonds is 4. The molecule has 0 amide bonds. The van der Waals surface area contributed by atoms with Crippen LogP contribution in [0.5, 0.6) is 0 Å². The number of aromatic nitrogens is 2. The third kappa shape index (κ3) is 3.46. The van der Waals surface area contributed by atoms with Gasteiger partial charge in [0.15, 0.2) is 0 Å². The first-order valence-electron chi connectivity index (χ1n) is 5.79. The summed E-state index contributed by atoms with van der Waals surface area (Å²) in [5.74, 6) is -2.64. The first-order chi connectivity index (χ1) is 9.88. The second-order valence-corrected chi connectivity index (χ2v) is 5.14. The van der Waals surface area contributed by atoms with Gasteiger partial charge in [-0.15, -0.1) is 11.8 Å². The third-order valence-corrected chi connectivity index (χ3v) is 3.70. The Kier molecular flexibility index (Phi) is 4.37. The number of nitrogens with zero attached hydrogens (tertiary/aromatic N) is 1. The molecule has 0 saturated carbocycles. The van der Waals surface area contributed by atoms with Crippen molar-refractivity contribution in [3.63, 3.8) is 0 Å². The quantitative estimate of drug-likeness (QED) is 0.669. The minimum absolute atomic E-state index is 0.00697. The van der Waals surface area contributed by atoms with Crippen LogP contribution in [-0.2, 0) is 5.75 Å². The molecule has 110 valence electrons. The van der Waals surface area contributed by atoms with E-state index in [-0.39, 0.29) is 27.6 Å². The molecule has 2 rings (SSSR count). The van der Waals surface area contributed by atoms with Gasteiger partial charge in [0.1, 0.15) is 22.2 Å². The number of carbonyl (C=O) groups is 1. The van der Waals surface area contributed by atoms with Gasteiger partial charge in [0.2, 0.25) is 0 Å². The molecule has 0 aliphatic heterocycles. The van der Waals surface area contributed by atoms with Crippen LogP contribution in [0.15, 0.2) is 28.0 Å². The van der Waals surface area contributed by atoms with E-state index in [4.69, 9.17) is 5.11 Å². The summed E-state index contributed by atoms with van der Waals surface area (Å²) < 4.78 is 26.3. The van der Waals surface area contributed by atoms with Crippen LogP contribution < -0.4 is 5.69 Å². The standard InChI is InChI=1S/C13H10F2N2O3S/c1-6-10(12(18)19)11(17-13(20)16-6)21-5-7-2-3-8(14)4-9(7)15/h2-4H,5H2,1H3,(H,18,19)(H,16,17,20). The molecule has 21 heavy (non-hydrogen) atoms. The minimum atomic E-state index is -1.24. The van der Waals surface area contributed by atoms with Crippen LogP contribution in [0.2, 0.25) is 0 Å². The van der Waals surface area contributed by atoms with Crippen LogP contribution in [0.3, 0.4) is 0 Å². The lowest BCUT2D eigenvalue weighted by Gasteiger charge is -2.07. The van der Waals surface area contributed by atoms with E-state index in [1.807, 2.05) is 0 Å². The maximum absolute atomic E-state index is 13.5. The summed E-state index contributed by atoms with van der Waals surface area (Å²) in [5, 5.41) is 9.12. The van der Waals surface area contributed by atoms with Crippen LogP contribution in [0.4, 0.5) is 8.78 Å². The van der Waals surface area contributed by atoms with Gasteiger partial charge >= 0.3 is 11.7 Å². The Labute approximate surface area is 122 Å². The molecule has 0 unspecified atom stereocenters. The van der Waals surface area contributed by atoms with Crippen molar-refractivity contribution >= 4 is 17.7 Å². The van der Waals surface area contributed by atoms with Crippen molar-refractivity contribution in [3.8, 4) is 0 Å². The SMILES string of the molecule is Cc1[nH]c(=O)nc(SCc2ccc(F)cc2F)c1C(=O)O. The van der Waals surface area contributed by atoms with Crippen molar-refractivity contribution in [3.05, 3.63) is 57.1 Å². The van der Waals surface area contributed by atoms with Crippen LogP contribution in [0.25, 0.3) is 0 Å². The number of hydrogen-bond acceptors (Lipinski definition) is 4. The molecule has 8 heteroatoms. The van der Waals surface area contributed by atoms with Gasteiger partial charge in [-0.3, -0.25) is 0 Å². The molecule has 0 spiro atoms. The fourth-order valence-corrected chi connectivity index (χ4v) is 2.76. The molecule has 1 heterocycles. The molecular weight excluding hydrogens is 302 g/mol. The summed E-state index contributed by atoms with van der Waals surface area (Å²) in [7, 11) is 0. The van der Waals surface area contributed by atoms with Gasteiger partial charge < -0.3 is 10.1 Å². The number of benzene rings is 1. The van der Waals surface area contributed by atoms with E-state index in [1.165, 1.54) is 13.0 Å². The van der Waals surface area contributed by atoms with E-state index in [1.54, 1.807) is 0 Å². The molecule has 0 aliphatic carbocycles. The first kappa shape index (κ1) is 15.2. The molecule has 1 aromatic heterocycles. The largest absolute Gasteiger partial charge is 0.478 e. The van der Waals surface area contributed by atoms with Crippen molar-refractivity contribution < 1.29 is 18.7 Å². The number of thioether (sulfide) groups is 1. The molecule has 0 fully saturated rings. The fourth-order valence-electron chi connectivity index (χ4n) is 1.70. The zero-order valence-corrected chi connectivity index (χ0v) is 11.6. The number of hydrogen-bond donors (Lipinski definition) is 2. The highest BCUT2D eigenvalue weighted by atomic mass is 32.2. The molecule has 2 aromatic rings. The zero-order chi connectivity index (χ0) is 15.6. The van der Waals surface area contributed by atoms with Crippen molar-refractivity contribution in [1.82, 2.24) is 9.97 Å². The normalized spacial score (nSPS) is 10.6. The number of carboxylic acids is 1. The Balaban J connectivity index is 2.31. The van der Waals surface area contributed by atoms with E-state index in [0.717, 1.165) is 23.9 Å². The highest BCUT2D eigenvalue weighted by Crippen LogP contribution is 2.26. The maximum atomic E-state index is 13.5. The topological polar surface area (TPSA) is 83.0 Å². The van der Waals surface area contributed by atoms with Gasteiger partial charge in [0.25, 0.3) is 0 Å². The third-order valence-electron chi connectivity index (χ3n) is 2.68. The second-order valence-electron chi connectivity index (χ2n) is 4.18. The van der Waals surface area contributed by atoms with Crippen molar-refractivity contribution in [2.24, 2.45) is 0 Å². The monoisotopic (exact) mass is 312 g/mol. The van der Waals surface area contributed by atoms with E-state index in [2.05, 4.69) is 9.97 Å². The lowest BCUT2D eigenvalue weighted by Crippen LogP contribution is -2.18. The van der Waals surface area contributed by atoms with Gasteiger partial charge in [-0.05, 0) is 18.6 Å². The molecule has 0 bridgehead atoms. The van der Waals surface area contributed by atoms with Gasteiger partial charge in [-0.25, -0.2) is 18.4 Å². The summed E-state index contributed by atoms with van der Waals surface area (Å²) in [6.07, 6.45) is 0. The summed E-state index contributed by atoms with van der Waals surface area (Å²) >= 11 is 0.902. The van der Waals surface area contributed by atoms with Crippen molar-refractivity contribution in [2.75, 3.05) is 0 Å². The van der Waals surface area contributed by atoms with Gasteiger partial charge in [-0.1, -0.05) is 6.07 Å². The molecular formula is C13H10F2N2O3S. The van der Waals surface area contributed by atoms with E-state index in [0.29, 0.717) is 0 Å². The Hall–Kier alpha value is -2.22. The summed E-state index contributed by atoms with van der Waals surface area (Å²) in [6.45, 7) is 1.44. The van der Waals surface area contributed by atoms with Crippen molar-refractivity contribution in [1.29, 1.82) is 0 Å². The number of carboxylic acid groups (broad SMARTS) is 1. The van der Waals surface area contributed by atoms with E-state index >= 15 is 0 Å². The predicted molar refractivity (Wildman–Crippen MR) is 72.5 cm³/mol. The van der Waals surface area contributed by atoms with Crippen molar-refractivity contribution in [2.45, 2.75) is 17.7 Å². The van der Waals surface area contributed by atoms with Gasteiger partial charge in [0.05, 0.1) is 0 Å². The van der Waals surface area contributed by atoms with Crippen LogP contribution >= 0.6 is 11.8 Å².